The van der Waals surface area contributed by atoms with Gasteiger partial charge in [0, 0.05) is 25.6 Å². The van der Waals surface area contributed by atoms with Crippen molar-refractivity contribution >= 4 is 11.9 Å². The zero-order valence-electron chi connectivity index (χ0n) is 15.2. The second-order valence-electron chi connectivity index (χ2n) is 5.97. The highest BCUT2D eigenvalue weighted by Gasteiger charge is 2.08. The molecule has 0 saturated carbocycles. The van der Waals surface area contributed by atoms with E-state index < -0.39 is 5.97 Å². The predicted molar refractivity (Wildman–Crippen MR) is 95.2 cm³/mol. The Labute approximate surface area is 148 Å². The van der Waals surface area contributed by atoms with E-state index in [9.17, 15) is 9.59 Å². The molecule has 0 aliphatic rings. The molecule has 0 radical (unpaired) electrons. The number of ether oxygens (including phenoxy) is 2. The fraction of sp³-hybridized carbons (Fsp3) is 0.556. The first-order valence-electron chi connectivity index (χ1n) is 8.35. The molecule has 1 amide bonds. The van der Waals surface area contributed by atoms with E-state index in [2.05, 4.69) is 10.2 Å². The maximum absolute atomic E-state index is 11.6. The van der Waals surface area contributed by atoms with E-state index in [1.54, 1.807) is 7.11 Å². The molecule has 0 aliphatic carbocycles. The minimum Gasteiger partial charge on any atom is -0.497 e. The topological polar surface area (TPSA) is 88.1 Å². The first-order chi connectivity index (χ1) is 11.9. The van der Waals surface area contributed by atoms with E-state index in [0.29, 0.717) is 19.6 Å². The van der Waals surface area contributed by atoms with Crippen molar-refractivity contribution in [3.63, 3.8) is 0 Å². The van der Waals surface area contributed by atoms with Crippen LogP contribution in [0.2, 0.25) is 0 Å². The van der Waals surface area contributed by atoms with Gasteiger partial charge in [0.25, 0.3) is 0 Å². The summed E-state index contributed by atoms with van der Waals surface area (Å²) in [6.07, 6.45) is 1.35. The van der Waals surface area contributed by atoms with E-state index in [1.165, 1.54) is 0 Å². The van der Waals surface area contributed by atoms with Crippen LogP contribution in [0.25, 0.3) is 0 Å². The van der Waals surface area contributed by atoms with E-state index >= 15 is 0 Å². The van der Waals surface area contributed by atoms with Crippen LogP contribution in [-0.4, -0.2) is 62.8 Å². The Hall–Kier alpha value is -2.28. The van der Waals surface area contributed by atoms with Crippen molar-refractivity contribution in [2.75, 3.05) is 40.9 Å². The summed E-state index contributed by atoms with van der Waals surface area (Å²) in [5, 5.41) is 11.3. The first-order valence-corrected chi connectivity index (χ1v) is 8.35. The van der Waals surface area contributed by atoms with Gasteiger partial charge in [0.05, 0.1) is 20.1 Å². The number of aliphatic carboxylic acids is 1. The van der Waals surface area contributed by atoms with Gasteiger partial charge < -0.3 is 24.8 Å². The minimum absolute atomic E-state index is 0.00810. The molecular weight excluding hydrogens is 324 g/mol. The highest BCUT2D eigenvalue weighted by Crippen LogP contribution is 2.25. The molecule has 7 heteroatoms. The van der Waals surface area contributed by atoms with E-state index in [-0.39, 0.29) is 18.7 Å². The average Bonchev–Trinajstić information content (AvgIpc) is 2.57. The van der Waals surface area contributed by atoms with E-state index in [4.69, 9.17) is 14.6 Å². The second-order valence-corrected chi connectivity index (χ2v) is 5.97. The summed E-state index contributed by atoms with van der Waals surface area (Å²) < 4.78 is 11.1. The number of rotatable bonds is 12. The molecule has 0 heterocycles. The number of nitrogens with one attached hydrogen (secondary N) is 1. The Bertz CT molecular complexity index is 560. The molecule has 0 atom stereocenters. The van der Waals surface area contributed by atoms with Crippen molar-refractivity contribution in [2.24, 2.45) is 0 Å². The van der Waals surface area contributed by atoms with Crippen molar-refractivity contribution in [3.05, 3.63) is 23.8 Å². The molecule has 0 saturated heterocycles. The first kappa shape index (κ1) is 20.8. The zero-order chi connectivity index (χ0) is 18.7. The van der Waals surface area contributed by atoms with Crippen molar-refractivity contribution in [2.45, 2.75) is 25.7 Å². The number of hydrogen-bond acceptors (Lipinski definition) is 5. The molecule has 0 unspecified atom stereocenters. The maximum Gasteiger partial charge on any atom is 0.303 e. The van der Waals surface area contributed by atoms with Crippen molar-refractivity contribution in [1.82, 2.24) is 10.2 Å². The number of carboxylic acid groups (broad SMARTS) is 1. The lowest BCUT2D eigenvalue weighted by Gasteiger charge is -2.15. The van der Waals surface area contributed by atoms with Crippen molar-refractivity contribution < 1.29 is 24.2 Å². The summed E-state index contributed by atoms with van der Waals surface area (Å²) in [5.41, 5.74) is 0.976. The largest absolute Gasteiger partial charge is 0.497 e. The number of nitrogens with zero attached hydrogens (tertiary/aromatic N) is 1. The standard InChI is InChI=1S/C18H28N2O5/c1-20(2)11-4-12-25-16-13-15(24-3)6-5-14(16)9-10-19-17(21)7-8-18(22)23/h5-6,13H,4,7-12H2,1-3H3,(H,19,21)(H,22,23). The number of carbonyl (C=O) groups is 2. The molecule has 0 fully saturated rings. The Morgan fingerprint density at radius 3 is 2.64 bits per heavy atom. The number of carbonyl (C=O) groups excluding carboxylic acids is 1. The van der Waals surface area contributed by atoms with Gasteiger partial charge in [-0.3, -0.25) is 9.59 Å². The van der Waals surface area contributed by atoms with Crippen LogP contribution in [0.4, 0.5) is 0 Å². The molecule has 140 valence electrons. The summed E-state index contributed by atoms with van der Waals surface area (Å²) in [4.78, 5) is 24.1. The molecule has 7 nitrogen and oxygen atoms in total. The van der Waals surface area contributed by atoms with E-state index in [0.717, 1.165) is 30.0 Å². The quantitative estimate of drug-likeness (QED) is 0.555. The molecule has 0 aromatic heterocycles. The predicted octanol–water partition coefficient (Wildman–Crippen LogP) is 1.55. The molecule has 0 spiro atoms. The van der Waals surface area contributed by atoms with E-state index in [1.807, 2.05) is 32.3 Å². The van der Waals surface area contributed by atoms with Crippen molar-refractivity contribution in [3.8, 4) is 11.5 Å². The molecular formula is C18H28N2O5. The van der Waals surface area contributed by atoms with Gasteiger partial charge in [-0.1, -0.05) is 6.07 Å². The number of benzene rings is 1. The molecule has 0 bridgehead atoms. The molecule has 0 aliphatic heterocycles. The molecule has 1 aromatic rings. The van der Waals surface area contributed by atoms with Crippen LogP contribution in [-0.2, 0) is 16.0 Å². The van der Waals surface area contributed by atoms with Crippen LogP contribution in [0.5, 0.6) is 11.5 Å². The average molecular weight is 352 g/mol. The van der Waals surface area contributed by atoms with Crippen LogP contribution in [0, 0.1) is 0 Å². The van der Waals surface area contributed by atoms with Gasteiger partial charge in [0.15, 0.2) is 0 Å². The lowest BCUT2D eigenvalue weighted by atomic mass is 10.1. The number of carboxylic acids is 1. The van der Waals surface area contributed by atoms with Crippen LogP contribution in [0.3, 0.4) is 0 Å². The van der Waals surface area contributed by atoms with Gasteiger partial charge in [-0.2, -0.15) is 0 Å². The zero-order valence-corrected chi connectivity index (χ0v) is 15.2. The van der Waals surface area contributed by atoms with Crippen LogP contribution < -0.4 is 14.8 Å². The van der Waals surface area contributed by atoms with Crippen LogP contribution in [0.15, 0.2) is 18.2 Å². The highest BCUT2D eigenvalue weighted by atomic mass is 16.5. The normalized spacial score (nSPS) is 10.6. The SMILES string of the molecule is COc1ccc(CCNC(=O)CCC(=O)O)c(OCCCN(C)C)c1. The van der Waals surface area contributed by atoms with Crippen LogP contribution >= 0.6 is 0 Å². The smallest absolute Gasteiger partial charge is 0.303 e. The van der Waals surface area contributed by atoms with Gasteiger partial charge in [0.1, 0.15) is 11.5 Å². The number of amides is 1. The van der Waals surface area contributed by atoms with Gasteiger partial charge in [-0.25, -0.2) is 0 Å². The fourth-order valence-corrected chi connectivity index (χ4v) is 2.21. The Morgan fingerprint density at radius 2 is 2.00 bits per heavy atom. The van der Waals surface area contributed by atoms with Crippen molar-refractivity contribution in [1.29, 1.82) is 0 Å². The van der Waals surface area contributed by atoms with Gasteiger partial charge in [0.2, 0.25) is 5.91 Å². The Balaban J connectivity index is 2.53. The Kier molecular flexibility index (Phi) is 9.39. The summed E-state index contributed by atoms with van der Waals surface area (Å²) in [6.45, 7) is 1.97. The summed E-state index contributed by atoms with van der Waals surface area (Å²) in [7, 11) is 5.64. The summed E-state index contributed by atoms with van der Waals surface area (Å²) in [5.74, 6) is 0.234. The third-order valence-electron chi connectivity index (χ3n) is 3.56. The molecule has 1 rings (SSSR count). The van der Waals surface area contributed by atoms with Gasteiger partial charge in [-0.15, -0.1) is 0 Å². The monoisotopic (exact) mass is 352 g/mol. The van der Waals surface area contributed by atoms with Crippen LogP contribution in [0.1, 0.15) is 24.8 Å². The third-order valence-corrected chi connectivity index (χ3v) is 3.56. The van der Waals surface area contributed by atoms with Gasteiger partial charge in [-0.05, 0) is 38.6 Å². The molecule has 1 aromatic carbocycles. The number of hydrogen-bond donors (Lipinski definition) is 2. The highest BCUT2D eigenvalue weighted by molar-refractivity contribution is 5.80. The lowest BCUT2D eigenvalue weighted by molar-refractivity contribution is -0.138. The molecule has 2 N–H and O–H groups in total. The lowest BCUT2D eigenvalue weighted by Crippen LogP contribution is -2.26. The third kappa shape index (κ3) is 8.95. The maximum atomic E-state index is 11.6. The second kappa shape index (κ2) is 11.3. The summed E-state index contributed by atoms with van der Waals surface area (Å²) in [6, 6.07) is 5.62. The van der Waals surface area contributed by atoms with Gasteiger partial charge >= 0.3 is 5.97 Å². The molecule has 25 heavy (non-hydrogen) atoms. The number of methoxy groups -OCH3 is 1. The minimum atomic E-state index is -0.973. The Morgan fingerprint density at radius 1 is 1.24 bits per heavy atom. The summed E-state index contributed by atoms with van der Waals surface area (Å²) >= 11 is 0. The fourth-order valence-electron chi connectivity index (χ4n) is 2.21.